The van der Waals surface area contributed by atoms with Crippen LogP contribution in [-0.2, 0) is 23.6 Å². The first-order valence-corrected chi connectivity index (χ1v) is 11.7. The molecule has 0 saturated carbocycles. The van der Waals surface area contributed by atoms with E-state index in [4.69, 9.17) is 0 Å². The van der Waals surface area contributed by atoms with Crippen molar-refractivity contribution in [2.24, 2.45) is 7.05 Å². The number of piperidine rings is 1. The lowest BCUT2D eigenvalue weighted by atomic mass is 9.97. The van der Waals surface area contributed by atoms with Crippen LogP contribution in [0.3, 0.4) is 0 Å². The molecule has 0 aliphatic carbocycles. The highest BCUT2D eigenvalue weighted by Gasteiger charge is 2.38. The molecular formula is C22H25N5O3S. The van der Waals surface area contributed by atoms with Crippen LogP contribution in [0.5, 0.6) is 0 Å². The average Bonchev–Trinajstić information content (AvgIpc) is 3.25. The fraction of sp³-hybridized carbons (Fsp3) is 0.318. The minimum absolute atomic E-state index is 0.00732. The predicted molar refractivity (Wildman–Crippen MR) is 116 cm³/mol. The first kappa shape index (κ1) is 21.2. The van der Waals surface area contributed by atoms with Crippen molar-refractivity contribution in [2.45, 2.75) is 36.9 Å². The summed E-state index contributed by atoms with van der Waals surface area (Å²) in [5.74, 6) is -0.271. The topological polar surface area (TPSA) is 97.2 Å². The van der Waals surface area contributed by atoms with Crippen molar-refractivity contribution in [3.05, 3.63) is 78.0 Å². The van der Waals surface area contributed by atoms with Gasteiger partial charge in [-0.2, -0.15) is 4.31 Å². The molecule has 4 rings (SSSR count). The Hall–Kier alpha value is -3.04. The van der Waals surface area contributed by atoms with Gasteiger partial charge >= 0.3 is 0 Å². The van der Waals surface area contributed by atoms with Gasteiger partial charge < -0.3 is 9.88 Å². The molecule has 0 spiro atoms. The SMILES string of the molecule is Cn1cnc(S(=O)(=O)N2CCCCC2c2ncccc2C(=O)NCc2ccccc2)c1. The van der Waals surface area contributed by atoms with Crippen molar-refractivity contribution in [1.29, 1.82) is 0 Å². The number of sulfonamides is 1. The minimum Gasteiger partial charge on any atom is -0.348 e. The maximum atomic E-state index is 13.3. The van der Waals surface area contributed by atoms with Gasteiger partial charge in [-0.25, -0.2) is 13.4 Å². The lowest BCUT2D eigenvalue weighted by Gasteiger charge is -2.34. The molecule has 1 amide bonds. The lowest BCUT2D eigenvalue weighted by Crippen LogP contribution is -2.40. The van der Waals surface area contributed by atoms with Crippen LogP contribution in [0, 0.1) is 0 Å². The Labute approximate surface area is 182 Å². The first-order valence-electron chi connectivity index (χ1n) is 10.2. The molecule has 0 bridgehead atoms. The van der Waals surface area contributed by atoms with Crippen LogP contribution in [0.4, 0.5) is 0 Å². The van der Waals surface area contributed by atoms with Crippen LogP contribution in [0.2, 0.25) is 0 Å². The van der Waals surface area contributed by atoms with Crippen molar-refractivity contribution >= 4 is 15.9 Å². The largest absolute Gasteiger partial charge is 0.348 e. The van der Waals surface area contributed by atoms with E-state index in [0.29, 0.717) is 30.8 Å². The number of carbonyl (C=O) groups is 1. The Morgan fingerprint density at radius 1 is 1.13 bits per heavy atom. The highest BCUT2D eigenvalue weighted by molar-refractivity contribution is 7.89. The van der Waals surface area contributed by atoms with E-state index >= 15 is 0 Å². The summed E-state index contributed by atoms with van der Waals surface area (Å²) in [6.45, 7) is 0.750. The van der Waals surface area contributed by atoms with Crippen LogP contribution in [0.15, 0.2) is 66.2 Å². The monoisotopic (exact) mass is 439 g/mol. The fourth-order valence-corrected chi connectivity index (χ4v) is 5.49. The quantitative estimate of drug-likeness (QED) is 0.637. The molecule has 0 radical (unpaired) electrons. The Balaban J connectivity index is 1.62. The van der Waals surface area contributed by atoms with Gasteiger partial charge in [0, 0.05) is 32.5 Å². The van der Waals surface area contributed by atoms with Gasteiger partial charge in [-0.05, 0) is 30.5 Å². The maximum absolute atomic E-state index is 13.3. The molecule has 31 heavy (non-hydrogen) atoms. The molecule has 1 saturated heterocycles. The van der Waals surface area contributed by atoms with Gasteiger partial charge in [-0.15, -0.1) is 0 Å². The molecule has 1 fully saturated rings. The van der Waals surface area contributed by atoms with Gasteiger partial charge in [0.1, 0.15) is 0 Å². The average molecular weight is 440 g/mol. The van der Waals surface area contributed by atoms with Gasteiger partial charge in [0.05, 0.1) is 23.6 Å². The molecule has 1 atom stereocenters. The molecule has 1 aliphatic heterocycles. The molecule has 9 heteroatoms. The Morgan fingerprint density at radius 3 is 2.68 bits per heavy atom. The zero-order valence-electron chi connectivity index (χ0n) is 17.3. The third-order valence-corrected chi connectivity index (χ3v) is 7.20. The maximum Gasteiger partial charge on any atom is 0.262 e. The summed E-state index contributed by atoms with van der Waals surface area (Å²) in [6.07, 6.45) is 6.78. The highest BCUT2D eigenvalue weighted by atomic mass is 32.2. The second kappa shape index (κ2) is 8.99. The summed E-state index contributed by atoms with van der Waals surface area (Å²) in [4.78, 5) is 21.5. The van der Waals surface area contributed by atoms with Crippen molar-refractivity contribution < 1.29 is 13.2 Å². The molecule has 8 nitrogen and oxygen atoms in total. The zero-order chi connectivity index (χ0) is 21.8. The molecule has 162 valence electrons. The number of aryl methyl sites for hydroxylation is 1. The van der Waals surface area contributed by atoms with E-state index in [-0.39, 0.29) is 10.9 Å². The van der Waals surface area contributed by atoms with Crippen LogP contribution in [0.25, 0.3) is 0 Å². The first-order chi connectivity index (χ1) is 15.0. The second-order valence-electron chi connectivity index (χ2n) is 7.61. The molecule has 2 aromatic heterocycles. The minimum atomic E-state index is -3.81. The third kappa shape index (κ3) is 4.52. The third-order valence-electron chi connectivity index (χ3n) is 5.40. The van der Waals surface area contributed by atoms with E-state index in [1.165, 1.54) is 16.8 Å². The van der Waals surface area contributed by atoms with E-state index in [2.05, 4.69) is 15.3 Å². The number of hydrogen-bond donors (Lipinski definition) is 1. The molecule has 1 aliphatic rings. The summed E-state index contributed by atoms with van der Waals surface area (Å²) >= 11 is 0. The Bertz CT molecular complexity index is 1160. The fourth-order valence-electron chi connectivity index (χ4n) is 3.86. The molecular weight excluding hydrogens is 414 g/mol. The van der Waals surface area contributed by atoms with Crippen molar-refractivity contribution in [3.63, 3.8) is 0 Å². The number of amides is 1. The lowest BCUT2D eigenvalue weighted by molar-refractivity contribution is 0.0946. The van der Waals surface area contributed by atoms with Crippen molar-refractivity contribution in [3.8, 4) is 0 Å². The Morgan fingerprint density at radius 2 is 1.94 bits per heavy atom. The number of hydrogen-bond acceptors (Lipinski definition) is 5. The molecule has 3 aromatic rings. The van der Waals surface area contributed by atoms with E-state index in [9.17, 15) is 13.2 Å². The summed E-state index contributed by atoms with van der Waals surface area (Å²) in [7, 11) is -2.08. The van der Waals surface area contributed by atoms with E-state index in [1.807, 2.05) is 30.3 Å². The summed E-state index contributed by atoms with van der Waals surface area (Å²) in [5.41, 5.74) is 1.86. The number of carbonyl (C=O) groups excluding carboxylic acids is 1. The summed E-state index contributed by atoms with van der Waals surface area (Å²) in [5, 5.41) is 2.93. The molecule has 1 unspecified atom stereocenters. The van der Waals surface area contributed by atoms with Crippen LogP contribution < -0.4 is 5.32 Å². The molecule has 1 N–H and O–H groups in total. The van der Waals surface area contributed by atoms with Gasteiger partial charge in [-0.1, -0.05) is 36.8 Å². The van der Waals surface area contributed by atoms with Crippen molar-refractivity contribution in [1.82, 2.24) is 24.2 Å². The number of pyridine rings is 1. The van der Waals surface area contributed by atoms with Crippen LogP contribution in [0.1, 0.15) is 46.9 Å². The number of benzene rings is 1. The Kier molecular flexibility index (Phi) is 6.15. The van der Waals surface area contributed by atoms with Gasteiger partial charge in [0.15, 0.2) is 5.03 Å². The summed E-state index contributed by atoms with van der Waals surface area (Å²) < 4.78 is 29.6. The standard InChI is InChI=1S/C22H25N5O3S/c1-26-15-20(25-16-26)31(29,30)27-13-6-5-11-19(27)21-18(10-7-12-23-21)22(28)24-14-17-8-3-2-4-9-17/h2-4,7-10,12,15-16,19H,5-6,11,13-14H2,1H3,(H,24,28). The second-order valence-corrected chi connectivity index (χ2v) is 9.45. The van der Waals surface area contributed by atoms with Gasteiger partial charge in [-0.3, -0.25) is 9.78 Å². The molecule has 3 heterocycles. The predicted octanol–water partition coefficient (Wildman–Crippen LogP) is 2.66. The number of rotatable bonds is 6. The van der Waals surface area contributed by atoms with Crippen molar-refractivity contribution in [2.75, 3.05) is 6.54 Å². The summed E-state index contributed by atoms with van der Waals surface area (Å²) in [6, 6.07) is 12.5. The number of aromatic nitrogens is 3. The molecule has 1 aromatic carbocycles. The van der Waals surface area contributed by atoms with Crippen LogP contribution in [-0.4, -0.2) is 39.7 Å². The number of imidazole rings is 1. The van der Waals surface area contributed by atoms with Gasteiger partial charge in [0.25, 0.3) is 15.9 Å². The number of nitrogens with zero attached hydrogens (tertiary/aromatic N) is 4. The normalized spacial score (nSPS) is 17.4. The van der Waals surface area contributed by atoms with Crippen LogP contribution >= 0.6 is 0 Å². The van der Waals surface area contributed by atoms with Gasteiger partial charge in [0.2, 0.25) is 0 Å². The zero-order valence-corrected chi connectivity index (χ0v) is 18.1. The van der Waals surface area contributed by atoms with E-state index in [1.54, 1.807) is 29.9 Å². The smallest absolute Gasteiger partial charge is 0.262 e. The van der Waals surface area contributed by atoms with E-state index < -0.39 is 16.1 Å². The van der Waals surface area contributed by atoms with E-state index in [0.717, 1.165) is 18.4 Å². The highest BCUT2D eigenvalue weighted by Crippen LogP contribution is 2.35. The number of nitrogens with one attached hydrogen (secondary N) is 1.